The Morgan fingerprint density at radius 3 is 1.20 bits per heavy atom. The summed E-state index contributed by atoms with van der Waals surface area (Å²) in [7, 11) is 0. The first-order valence-electron chi connectivity index (χ1n) is 32.4. The van der Waals surface area contributed by atoms with Crippen LogP contribution in [0, 0.1) is 0 Å². The van der Waals surface area contributed by atoms with Gasteiger partial charge >= 0.3 is 0 Å². The van der Waals surface area contributed by atoms with Gasteiger partial charge in [-0.15, -0.1) is 0 Å². The number of nitrogens with one attached hydrogen (secondary N) is 1. The Kier molecular flexibility index (Phi) is 41.7. The van der Waals surface area contributed by atoms with Crippen LogP contribution in [0.5, 0.6) is 0 Å². The maximum absolute atomic E-state index is 13.3. The third-order valence-corrected chi connectivity index (χ3v) is 16.6. The van der Waals surface area contributed by atoms with E-state index in [2.05, 4.69) is 31.3 Å². The normalized spacial score (nSPS) is 29.8. The van der Waals surface area contributed by atoms with Crippen LogP contribution < -0.4 is 5.32 Å². The van der Waals surface area contributed by atoms with Crippen molar-refractivity contribution in [3.05, 3.63) is 12.2 Å². The molecule has 19 nitrogen and oxygen atoms in total. The molecule has 0 radical (unpaired) electrons. The minimum atomic E-state index is -1.97. The van der Waals surface area contributed by atoms with E-state index in [1.165, 1.54) is 148 Å². The van der Waals surface area contributed by atoms with Crippen molar-refractivity contribution in [2.75, 3.05) is 26.4 Å². The molecule has 0 saturated carbocycles. The van der Waals surface area contributed by atoms with E-state index in [0.717, 1.165) is 64.2 Å². The molecule has 17 unspecified atom stereocenters. The van der Waals surface area contributed by atoms with E-state index in [9.17, 15) is 61.0 Å². The van der Waals surface area contributed by atoms with Crippen LogP contribution in [0.15, 0.2) is 12.2 Å². The lowest BCUT2D eigenvalue weighted by Crippen LogP contribution is -2.66. The quantitative estimate of drug-likeness (QED) is 0.0217. The van der Waals surface area contributed by atoms with Crippen molar-refractivity contribution in [1.82, 2.24) is 5.32 Å². The van der Waals surface area contributed by atoms with Gasteiger partial charge in [-0.1, -0.05) is 212 Å². The summed E-state index contributed by atoms with van der Waals surface area (Å²) in [6.07, 6.45) is 20.1. The number of carbonyl (C=O) groups is 1. The van der Waals surface area contributed by atoms with Crippen LogP contribution >= 0.6 is 0 Å². The largest absolute Gasteiger partial charge is 0.394 e. The molecule has 3 aliphatic rings. The number of rotatable bonds is 49. The number of hydrogen-bond donors (Lipinski definition) is 12. The van der Waals surface area contributed by atoms with E-state index in [0.29, 0.717) is 12.8 Å². The number of amides is 1. The van der Waals surface area contributed by atoms with Crippen LogP contribution in [-0.2, 0) is 33.2 Å². The van der Waals surface area contributed by atoms with E-state index >= 15 is 0 Å². The summed E-state index contributed by atoms with van der Waals surface area (Å²) in [6.45, 7) is 1.79. The molecule has 0 aliphatic carbocycles. The smallest absolute Gasteiger partial charge is 0.220 e. The first-order valence-corrected chi connectivity index (χ1v) is 32.4. The zero-order chi connectivity index (χ0) is 59.0. The van der Waals surface area contributed by atoms with Gasteiger partial charge < -0.3 is 89.9 Å². The van der Waals surface area contributed by atoms with Gasteiger partial charge in [0.05, 0.1) is 38.6 Å². The summed E-state index contributed by atoms with van der Waals surface area (Å²) in [5.74, 6) is -0.249. The molecule has 3 aliphatic heterocycles. The predicted octanol–water partition coefficient (Wildman–Crippen LogP) is 6.94. The fraction of sp³-hybridized carbons (Fsp3) is 0.952. The standard InChI is InChI=1S/C62H117NO18/c1-3-5-7-9-11-13-15-17-19-20-21-22-23-24-25-26-27-29-31-33-35-37-39-46(67)45(63-50(68)40-38-36-34-32-30-28-18-16-14-12-10-8-6-4-2)44-76-60-56(74)53(71)58(48(42-65)78-60)81-62-57(75)54(72)59(49(43-66)79-62)80-61-55(73)52(70)51(69)47(41-64)77-61/h16,18,45-49,51-62,64-67,69-75H,3-15,17,19-44H2,1-2H3,(H,63,68)/b18-16-. The van der Waals surface area contributed by atoms with Crippen molar-refractivity contribution >= 4 is 5.91 Å². The predicted molar refractivity (Wildman–Crippen MR) is 310 cm³/mol. The minimum Gasteiger partial charge on any atom is -0.394 e. The Bertz CT molecular complexity index is 1530. The van der Waals surface area contributed by atoms with Crippen LogP contribution in [0.3, 0.4) is 0 Å². The first-order chi connectivity index (χ1) is 39.3. The number of ether oxygens (including phenoxy) is 6. The van der Waals surface area contributed by atoms with Gasteiger partial charge in [0, 0.05) is 6.42 Å². The van der Waals surface area contributed by atoms with Crippen LogP contribution in [0.4, 0.5) is 0 Å². The number of aliphatic hydroxyl groups is 11. The maximum Gasteiger partial charge on any atom is 0.220 e. The monoisotopic (exact) mass is 1160 g/mol. The van der Waals surface area contributed by atoms with E-state index in [1.807, 2.05) is 0 Å². The Labute approximate surface area is 486 Å². The van der Waals surface area contributed by atoms with E-state index < -0.39 is 124 Å². The zero-order valence-electron chi connectivity index (χ0n) is 50.0. The second-order valence-electron chi connectivity index (χ2n) is 23.6. The van der Waals surface area contributed by atoms with E-state index in [4.69, 9.17) is 28.4 Å². The summed E-state index contributed by atoms with van der Waals surface area (Å²) in [6, 6.07) is -0.888. The highest BCUT2D eigenvalue weighted by atomic mass is 16.8. The van der Waals surface area contributed by atoms with Crippen molar-refractivity contribution < 1.29 is 89.4 Å². The molecule has 0 bridgehead atoms. The maximum atomic E-state index is 13.3. The highest BCUT2D eigenvalue weighted by Crippen LogP contribution is 2.33. The van der Waals surface area contributed by atoms with Crippen LogP contribution in [-0.4, -0.2) is 193 Å². The molecule has 0 spiro atoms. The summed E-state index contributed by atoms with van der Waals surface area (Å²) >= 11 is 0. The van der Waals surface area contributed by atoms with Crippen molar-refractivity contribution in [3.63, 3.8) is 0 Å². The molecule has 81 heavy (non-hydrogen) atoms. The SMILES string of the molecule is CCCCCCC/C=C\CCCCCCCC(=O)NC(COC1OC(CO)C(OC2OC(CO)C(OC3OC(CO)C(O)C(O)C3O)C(O)C2O)C(O)C1O)C(O)CCCCCCCCCCCCCCCCCCCCCCCC. The molecule has 0 aromatic carbocycles. The van der Waals surface area contributed by atoms with Gasteiger partial charge in [-0.3, -0.25) is 4.79 Å². The number of aliphatic hydroxyl groups excluding tert-OH is 11. The number of carbonyl (C=O) groups excluding carboxylic acids is 1. The van der Waals surface area contributed by atoms with E-state index in [1.54, 1.807) is 0 Å². The lowest BCUT2D eigenvalue weighted by Gasteiger charge is -2.48. The highest BCUT2D eigenvalue weighted by molar-refractivity contribution is 5.76. The van der Waals surface area contributed by atoms with Gasteiger partial charge in [0.2, 0.25) is 5.91 Å². The van der Waals surface area contributed by atoms with Crippen LogP contribution in [0.2, 0.25) is 0 Å². The molecule has 478 valence electrons. The number of hydrogen-bond acceptors (Lipinski definition) is 18. The zero-order valence-corrected chi connectivity index (χ0v) is 50.0. The molecule has 3 fully saturated rings. The van der Waals surface area contributed by atoms with Gasteiger partial charge in [-0.2, -0.15) is 0 Å². The molecule has 19 heteroatoms. The van der Waals surface area contributed by atoms with Gasteiger partial charge in [0.1, 0.15) is 73.2 Å². The van der Waals surface area contributed by atoms with Crippen molar-refractivity contribution in [2.24, 2.45) is 0 Å². The summed E-state index contributed by atoms with van der Waals surface area (Å²) in [5, 5.41) is 120. The second-order valence-corrected chi connectivity index (χ2v) is 23.6. The lowest BCUT2D eigenvalue weighted by atomic mass is 9.96. The second kappa shape index (κ2) is 45.8. The Balaban J connectivity index is 1.46. The molecule has 12 N–H and O–H groups in total. The van der Waals surface area contributed by atoms with Crippen molar-refractivity contribution in [2.45, 2.75) is 349 Å². The molecular formula is C62H117NO18. The van der Waals surface area contributed by atoms with Gasteiger partial charge in [-0.05, 0) is 38.5 Å². The van der Waals surface area contributed by atoms with E-state index in [-0.39, 0.29) is 18.9 Å². The average Bonchev–Trinajstić information content (AvgIpc) is 3.48. The fourth-order valence-corrected chi connectivity index (χ4v) is 11.3. The molecule has 3 rings (SSSR count). The molecule has 0 aromatic heterocycles. The Hall–Kier alpha value is -1.47. The molecule has 0 aromatic rings. The molecule has 3 heterocycles. The number of allylic oxidation sites excluding steroid dienone is 2. The Morgan fingerprint density at radius 1 is 0.432 bits per heavy atom. The first kappa shape index (κ1) is 73.8. The molecule has 17 atom stereocenters. The minimum absolute atomic E-state index is 0.249. The Morgan fingerprint density at radius 2 is 0.778 bits per heavy atom. The van der Waals surface area contributed by atoms with Gasteiger partial charge in [0.15, 0.2) is 18.9 Å². The third-order valence-electron chi connectivity index (χ3n) is 16.6. The number of unbranched alkanes of at least 4 members (excludes halogenated alkanes) is 31. The summed E-state index contributed by atoms with van der Waals surface area (Å²) < 4.78 is 34.3. The van der Waals surface area contributed by atoms with Crippen molar-refractivity contribution in [3.8, 4) is 0 Å². The fourth-order valence-electron chi connectivity index (χ4n) is 11.3. The third kappa shape index (κ3) is 29.2. The van der Waals surface area contributed by atoms with Crippen LogP contribution in [0.25, 0.3) is 0 Å². The van der Waals surface area contributed by atoms with Crippen LogP contribution in [0.1, 0.15) is 245 Å². The van der Waals surface area contributed by atoms with Gasteiger partial charge in [-0.25, -0.2) is 0 Å². The lowest BCUT2D eigenvalue weighted by molar-refractivity contribution is -0.379. The molecular weight excluding hydrogens is 1050 g/mol. The topological polar surface area (TPSA) is 307 Å². The average molecular weight is 1160 g/mol. The summed E-state index contributed by atoms with van der Waals surface area (Å²) in [4.78, 5) is 13.3. The highest BCUT2D eigenvalue weighted by Gasteiger charge is 2.53. The molecule has 3 saturated heterocycles. The molecule has 1 amide bonds. The van der Waals surface area contributed by atoms with Gasteiger partial charge in [0.25, 0.3) is 0 Å². The summed E-state index contributed by atoms with van der Waals surface area (Å²) in [5.41, 5.74) is 0. The van der Waals surface area contributed by atoms with Crippen molar-refractivity contribution in [1.29, 1.82) is 0 Å².